The molecule has 1 aliphatic rings. The molecule has 0 N–H and O–H groups in total. The van der Waals surface area contributed by atoms with Gasteiger partial charge in [-0.25, -0.2) is 22.1 Å². The summed E-state index contributed by atoms with van der Waals surface area (Å²) in [5.41, 5.74) is 0.840. The average molecular weight is 491 g/mol. The third-order valence-electron chi connectivity index (χ3n) is 5.83. The maximum Gasteiger partial charge on any atom is 0.253 e. The number of hydrogen-bond acceptors (Lipinski definition) is 6. The lowest BCUT2D eigenvalue weighted by molar-refractivity contribution is 0.0746. The Hall–Kier alpha value is -2.56. The Morgan fingerprint density at radius 2 is 1.82 bits per heavy atom. The monoisotopic (exact) mass is 490 g/mol. The molecule has 1 aromatic heterocycles. The van der Waals surface area contributed by atoms with Crippen molar-refractivity contribution >= 4 is 42.6 Å². The first-order valence-corrected chi connectivity index (χ1v) is 13.2. The highest BCUT2D eigenvalue weighted by atomic mass is 32.2. The Morgan fingerprint density at radius 3 is 2.45 bits per heavy atom. The number of nitrogens with zero attached hydrogens (tertiary/aromatic N) is 4. The molecular formula is C23H27FN4O3S2. The van der Waals surface area contributed by atoms with Crippen LogP contribution in [0, 0.1) is 5.82 Å². The summed E-state index contributed by atoms with van der Waals surface area (Å²) in [6.45, 7) is 4.70. The molecule has 33 heavy (non-hydrogen) atoms. The fourth-order valence-corrected chi connectivity index (χ4v) is 6.01. The van der Waals surface area contributed by atoms with E-state index in [1.807, 2.05) is 13.0 Å². The summed E-state index contributed by atoms with van der Waals surface area (Å²) in [7, 11) is -1.99. The van der Waals surface area contributed by atoms with E-state index >= 15 is 0 Å². The predicted molar refractivity (Wildman–Crippen MR) is 129 cm³/mol. The number of fused-ring (bicyclic) bond motifs is 1. The van der Waals surface area contributed by atoms with Crippen LogP contribution >= 0.6 is 11.3 Å². The van der Waals surface area contributed by atoms with Gasteiger partial charge in [-0.3, -0.25) is 4.79 Å². The summed E-state index contributed by atoms with van der Waals surface area (Å²) in [4.78, 5) is 21.4. The third kappa shape index (κ3) is 4.87. The van der Waals surface area contributed by atoms with E-state index < -0.39 is 10.0 Å². The number of unbranched alkanes of at least 4 members (excludes halogenated alkanes) is 1. The van der Waals surface area contributed by atoms with Crippen LogP contribution in [0.2, 0.25) is 0 Å². The van der Waals surface area contributed by atoms with Gasteiger partial charge in [0.25, 0.3) is 5.91 Å². The zero-order valence-corrected chi connectivity index (χ0v) is 20.3. The smallest absolute Gasteiger partial charge is 0.253 e. The zero-order valence-electron chi connectivity index (χ0n) is 18.7. The molecule has 1 aliphatic heterocycles. The van der Waals surface area contributed by atoms with Gasteiger partial charge in [-0.15, -0.1) is 0 Å². The molecule has 0 bridgehead atoms. The minimum absolute atomic E-state index is 0.131. The number of carbonyl (C=O) groups is 1. The number of benzene rings is 2. The van der Waals surface area contributed by atoms with Gasteiger partial charge in [0.1, 0.15) is 11.3 Å². The Balaban J connectivity index is 1.39. The topological polar surface area (TPSA) is 73.8 Å². The van der Waals surface area contributed by atoms with Crippen molar-refractivity contribution in [1.29, 1.82) is 0 Å². The second kappa shape index (κ2) is 9.74. The molecule has 176 valence electrons. The molecule has 0 unspecified atom stereocenters. The highest BCUT2D eigenvalue weighted by Gasteiger charge is 2.25. The van der Waals surface area contributed by atoms with Gasteiger partial charge in [0, 0.05) is 45.3 Å². The highest BCUT2D eigenvalue weighted by Crippen LogP contribution is 2.30. The summed E-state index contributed by atoms with van der Waals surface area (Å²) in [6.07, 6.45) is 1.71. The SMILES string of the molecule is CCCCN(C)S(=O)(=O)c1ccc(C(=O)N2CCN(c3nc4c(F)cccc4s3)CC2)cc1. The summed E-state index contributed by atoms with van der Waals surface area (Å²) in [5, 5.41) is 0.754. The van der Waals surface area contributed by atoms with Crippen LogP contribution in [0.3, 0.4) is 0 Å². The molecule has 2 aromatic carbocycles. The van der Waals surface area contributed by atoms with E-state index in [0.29, 0.717) is 43.8 Å². The molecule has 1 fully saturated rings. The summed E-state index contributed by atoms with van der Waals surface area (Å²) >= 11 is 1.45. The lowest BCUT2D eigenvalue weighted by Gasteiger charge is -2.34. The Labute approximate surface area is 197 Å². The van der Waals surface area contributed by atoms with Gasteiger partial charge in [-0.05, 0) is 42.8 Å². The van der Waals surface area contributed by atoms with Crippen LogP contribution in [0.15, 0.2) is 47.4 Å². The highest BCUT2D eigenvalue weighted by molar-refractivity contribution is 7.89. The molecule has 1 saturated heterocycles. The molecule has 0 saturated carbocycles. The second-order valence-electron chi connectivity index (χ2n) is 8.07. The molecule has 0 radical (unpaired) electrons. The van der Waals surface area contributed by atoms with Crippen molar-refractivity contribution in [2.45, 2.75) is 24.7 Å². The molecular weight excluding hydrogens is 463 g/mol. The first-order valence-electron chi connectivity index (χ1n) is 11.0. The Bertz CT molecular complexity index is 1240. The van der Waals surface area contributed by atoms with E-state index in [1.165, 1.54) is 33.8 Å². The third-order valence-corrected chi connectivity index (χ3v) is 8.78. The predicted octanol–water partition coefficient (Wildman–Crippen LogP) is 3.82. The van der Waals surface area contributed by atoms with E-state index in [-0.39, 0.29) is 16.6 Å². The lowest BCUT2D eigenvalue weighted by Crippen LogP contribution is -2.48. The number of aromatic nitrogens is 1. The normalized spacial score (nSPS) is 14.9. The Kier molecular flexibility index (Phi) is 6.96. The minimum Gasteiger partial charge on any atom is -0.345 e. The lowest BCUT2D eigenvalue weighted by atomic mass is 10.2. The summed E-state index contributed by atoms with van der Waals surface area (Å²) in [6, 6.07) is 11.1. The first-order chi connectivity index (χ1) is 15.8. The second-order valence-corrected chi connectivity index (χ2v) is 11.1. The van der Waals surface area contributed by atoms with Gasteiger partial charge in [0.05, 0.1) is 9.60 Å². The van der Waals surface area contributed by atoms with E-state index in [4.69, 9.17) is 0 Å². The zero-order chi connectivity index (χ0) is 23.6. The number of para-hydroxylation sites is 1. The molecule has 1 amide bonds. The molecule has 7 nitrogen and oxygen atoms in total. The van der Waals surface area contributed by atoms with Crippen molar-refractivity contribution in [1.82, 2.24) is 14.2 Å². The van der Waals surface area contributed by atoms with Crippen LogP contribution in [0.1, 0.15) is 30.1 Å². The van der Waals surface area contributed by atoms with Crippen LogP contribution in [-0.4, -0.2) is 68.3 Å². The van der Waals surface area contributed by atoms with Gasteiger partial charge in [-0.2, -0.15) is 0 Å². The van der Waals surface area contributed by atoms with Crippen molar-refractivity contribution in [2.75, 3.05) is 44.7 Å². The van der Waals surface area contributed by atoms with Gasteiger partial charge in [0.15, 0.2) is 5.13 Å². The van der Waals surface area contributed by atoms with Gasteiger partial charge >= 0.3 is 0 Å². The summed E-state index contributed by atoms with van der Waals surface area (Å²) in [5.74, 6) is -0.459. The van der Waals surface area contributed by atoms with E-state index in [9.17, 15) is 17.6 Å². The van der Waals surface area contributed by atoms with E-state index in [0.717, 1.165) is 22.7 Å². The van der Waals surface area contributed by atoms with Crippen molar-refractivity contribution in [3.8, 4) is 0 Å². The van der Waals surface area contributed by atoms with Crippen LogP contribution in [0.4, 0.5) is 9.52 Å². The number of amides is 1. The molecule has 10 heteroatoms. The fourth-order valence-electron chi connectivity index (χ4n) is 3.77. The number of thiazole rings is 1. The number of halogens is 1. The number of piperazine rings is 1. The number of rotatable bonds is 7. The quantitative estimate of drug-likeness (QED) is 0.504. The number of anilines is 1. The van der Waals surface area contributed by atoms with Crippen molar-refractivity contribution in [2.24, 2.45) is 0 Å². The maximum absolute atomic E-state index is 14.0. The largest absolute Gasteiger partial charge is 0.345 e. The number of hydrogen-bond donors (Lipinski definition) is 0. The van der Waals surface area contributed by atoms with Gasteiger partial charge in [-0.1, -0.05) is 30.7 Å². The fraction of sp³-hybridized carbons (Fsp3) is 0.391. The van der Waals surface area contributed by atoms with E-state index in [2.05, 4.69) is 9.88 Å². The van der Waals surface area contributed by atoms with Crippen LogP contribution in [0.5, 0.6) is 0 Å². The minimum atomic E-state index is -3.56. The molecule has 0 spiro atoms. The standard InChI is InChI=1S/C23H27FN4O3S2/c1-3-4-12-26(2)33(30,31)18-10-8-17(9-11-18)22(29)27-13-15-28(16-14-27)23-25-21-19(24)6-5-7-20(21)32-23/h5-11H,3-4,12-16H2,1-2H3. The van der Waals surface area contributed by atoms with Gasteiger partial charge in [0.2, 0.25) is 10.0 Å². The average Bonchev–Trinajstić information content (AvgIpc) is 3.28. The van der Waals surface area contributed by atoms with Gasteiger partial charge < -0.3 is 9.80 Å². The van der Waals surface area contributed by atoms with Crippen LogP contribution in [-0.2, 0) is 10.0 Å². The van der Waals surface area contributed by atoms with Crippen molar-refractivity contribution in [3.63, 3.8) is 0 Å². The molecule has 0 aliphatic carbocycles. The molecule has 2 heterocycles. The Morgan fingerprint density at radius 1 is 1.12 bits per heavy atom. The molecule has 0 atom stereocenters. The molecule has 3 aromatic rings. The van der Waals surface area contributed by atoms with Crippen LogP contribution < -0.4 is 4.90 Å². The van der Waals surface area contributed by atoms with Crippen LogP contribution in [0.25, 0.3) is 10.2 Å². The number of carbonyl (C=O) groups excluding carboxylic acids is 1. The first kappa shape index (κ1) is 23.6. The maximum atomic E-state index is 14.0. The number of sulfonamides is 1. The van der Waals surface area contributed by atoms with Crippen molar-refractivity contribution in [3.05, 3.63) is 53.8 Å². The van der Waals surface area contributed by atoms with E-state index in [1.54, 1.807) is 30.1 Å². The van der Waals surface area contributed by atoms with Crippen molar-refractivity contribution < 1.29 is 17.6 Å². The summed E-state index contributed by atoms with van der Waals surface area (Å²) < 4.78 is 41.5. The molecule has 4 rings (SSSR count).